The summed E-state index contributed by atoms with van der Waals surface area (Å²) in [5.41, 5.74) is 8.49. The molecular formula is C15H11BrFN7. The fraction of sp³-hybridized carbons (Fsp3) is 0.0667. The summed E-state index contributed by atoms with van der Waals surface area (Å²) in [6, 6.07) is 8.31. The van der Waals surface area contributed by atoms with Crippen LogP contribution < -0.4 is 5.73 Å². The first-order valence-corrected chi connectivity index (χ1v) is 7.85. The van der Waals surface area contributed by atoms with Gasteiger partial charge in [-0.1, -0.05) is 17.3 Å². The summed E-state index contributed by atoms with van der Waals surface area (Å²) < 4.78 is 17.8. The summed E-state index contributed by atoms with van der Waals surface area (Å²) in [5, 5.41) is 12.3. The first-order valence-electron chi connectivity index (χ1n) is 7.06. The van der Waals surface area contributed by atoms with Gasteiger partial charge in [-0.2, -0.15) is 5.10 Å². The maximum absolute atomic E-state index is 13.8. The van der Waals surface area contributed by atoms with Crippen LogP contribution in [0.25, 0.3) is 11.2 Å². The Morgan fingerprint density at radius 1 is 1.25 bits per heavy atom. The van der Waals surface area contributed by atoms with E-state index in [9.17, 15) is 4.39 Å². The molecular weight excluding hydrogens is 377 g/mol. The van der Waals surface area contributed by atoms with E-state index >= 15 is 0 Å². The molecule has 0 atom stereocenters. The molecule has 0 aliphatic carbocycles. The van der Waals surface area contributed by atoms with Crippen molar-refractivity contribution in [1.82, 2.24) is 29.6 Å². The molecule has 3 aromatic heterocycles. The van der Waals surface area contributed by atoms with Crippen LogP contribution in [0.15, 0.2) is 47.3 Å². The topological polar surface area (TPSA) is 86.9 Å². The van der Waals surface area contributed by atoms with E-state index in [1.807, 2.05) is 6.07 Å². The number of fused-ring (bicyclic) bond motifs is 1. The van der Waals surface area contributed by atoms with Crippen molar-refractivity contribution in [3.8, 4) is 5.69 Å². The molecule has 7 nitrogen and oxygen atoms in total. The zero-order valence-electron chi connectivity index (χ0n) is 12.3. The molecule has 0 aliphatic rings. The minimum absolute atomic E-state index is 0.351. The normalized spacial score (nSPS) is 11.2. The summed E-state index contributed by atoms with van der Waals surface area (Å²) in [4.78, 5) is 3.98. The highest BCUT2D eigenvalue weighted by atomic mass is 79.9. The quantitative estimate of drug-likeness (QED) is 0.583. The number of hydrogen-bond donors (Lipinski definition) is 1. The lowest BCUT2D eigenvalue weighted by Crippen LogP contribution is -2.02. The number of nitrogens with zero attached hydrogens (tertiary/aromatic N) is 6. The number of halogens is 2. The average molecular weight is 388 g/mol. The van der Waals surface area contributed by atoms with Gasteiger partial charge in [0.15, 0.2) is 5.82 Å². The maximum atomic E-state index is 13.8. The molecule has 3 heterocycles. The van der Waals surface area contributed by atoms with Gasteiger partial charge in [-0.25, -0.2) is 18.6 Å². The Bertz CT molecular complexity index is 1040. The predicted octanol–water partition coefficient (Wildman–Crippen LogP) is 2.38. The first-order chi connectivity index (χ1) is 11.6. The second-order valence-electron chi connectivity index (χ2n) is 5.17. The van der Waals surface area contributed by atoms with Crippen molar-refractivity contribution in [3.63, 3.8) is 0 Å². The first kappa shape index (κ1) is 14.8. The largest absolute Gasteiger partial charge is 0.382 e. The number of benzene rings is 1. The Morgan fingerprint density at radius 3 is 2.92 bits per heavy atom. The molecule has 0 unspecified atom stereocenters. The van der Waals surface area contributed by atoms with E-state index < -0.39 is 0 Å². The van der Waals surface area contributed by atoms with Crippen LogP contribution in [0.1, 0.15) is 11.4 Å². The van der Waals surface area contributed by atoms with Crippen LogP contribution in [0, 0.1) is 5.82 Å². The highest BCUT2D eigenvalue weighted by Gasteiger charge is 2.14. The Balaban J connectivity index is 1.70. The average Bonchev–Trinajstić information content (AvgIpc) is 3.14. The number of aromatic nitrogens is 6. The Morgan fingerprint density at radius 2 is 2.08 bits per heavy atom. The molecule has 1 aromatic carbocycles. The van der Waals surface area contributed by atoms with Crippen LogP contribution >= 0.6 is 15.9 Å². The van der Waals surface area contributed by atoms with Crippen molar-refractivity contribution in [1.29, 1.82) is 0 Å². The van der Waals surface area contributed by atoms with E-state index in [2.05, 4.69) is 36.3 Å². The molecule has 4 rings (SSSR count). The molecule has 120 valence electrons. The minimum Gasteiger partial charge on any atom is -0.382 e. The number of para-hydroxylation sites is 1. The van der Waals surface area contributed by atoms with Gasteiger partial charge in [0.05, 0.1) is 17.6 Å². The maximum Gasteiger partial charge on any atom is 0.152 e. The molecule has 0 fully saturated rings. The van der Waals surface area contributed by atoms with E-state index in [1.54, 1.807) is 28.9 Å². The third kappa shape index (κ3) is 2.42. The highest BCUT2D eigenvalue weighted by molar-refractivity contribution is 9.10. The molecule has 0 amide bonds. The number of anilines is 1. The van der Waals surface area contributed by atoms with Gasteiger partial charge < -0.3 is 5.73 Å². The van der Waals surface area contributed by atoms with Gasteiger partial charge in [-0.3, -0.25) is 0 Å². The summed E-state index contributed by atoms with van der Waals surface area (Å²) >= 11 is 3.46. The lowest BCUT2D eigenvalue weighted by atomic mass is 10.2. The molecule has 0 saturated carbocycles. The van der Waals surface area contributed by atoms with Gasteiger partial charge in [0.25, 0.3) is 0 Å². The lowest BCUT2D eigenvalue weighted by molar-refractivity contribution is 0.607. The van der Waals surface area contributed by atoms with E-state index in [0.717, 1.165) is 10.2 Å². The summed E-state index contributed by atoms with van der Waals surface area (Å²) in [6.07, 6.45) is 3.56. The summed E-state index contributed by atoms with van der Waals surface area (Å²) in [5.74, 6) is 0.0310. The summed E-state index contributed by atoms with van der Waals surface area (Å²) in [7, 11) is 0. The Hall–Kier alpha value is -2.81. The molecule has 24 heavy (non-hydrogen) atoms. The zero-order valence-corrected chi connectivity index (χ0v) is 13.9. The van der Waals surface area contributed by atoms with Crippen molar-refractivity contribution in [2.45, 2.75) is 6.42 Å². The van der Waals surface area contributed by atoms with Crippen LogP contribution in [0.3, 0.4) is 0 Å². The molecule has 0 bridgehead atoms. The standard InChI is InChI=1S/C15H11BrFN7/c16-11-6-10(24-14(11)15(18)19-8-20-24)5-9-7-23(22-21-9)13-4-2-1-3-12(13)17/h1-4,6-8H,5H2,(H2,18,19,20). The predicted molar refractivity (Wildman–Crippen MR) is 89.2 cm³/mol. The van der Waals surface area contributed by atoms with Crippen molar-refractivity contribution >= 4 is 27.3 Å². The van der Waals surface area contributed by atoms with E-state index in [-0.39, 0.29) is 5.82 Å². The van der Waals surface area contributed by atoms with Crippen LogP contribution in [0.5, 0.6) is 0 Å². The third-order valence-corrected chi connectivity index (χ3v) is 4.22. The van der Waals surface area contributed by atoms with Crippen molar-refractivity contribution in [2.24, 2.45) is 0 Å². The van der Waals surface area contributed by atoms with Crippen molar-refractivity contribution in [3.05, 3.63) is 64.5 Å². The van der Waals surface area contributed by atoms with E-state index in [0.29, 0.717) is 29.1 Å². The second-order valence-corrected chi connectivity index (χ2v) is 6.03. The van der Waals surface area contributed by atoms with Crippen LogP contribution in [0.2, 0.25) is 0 Å². The number of nitrogens with two attached hydrogens (primary N) is 1. The highest BCUT2D eigenvalue weighted by Crippen LogP contribution is 2.26. The van der Waals surface area contributed by atoms with Crippen molar-refractivity contribution < 1.29 is 4.39 Å². The monoisotopic (exact) mass is 387 g/mol. The minimum atomic E-state index is -0.356. The van der Waals surface area contributed by atoms with Gasteiger partial charge in [-0.05, 0) is 34.1 Å². The molecule has 9 heteroatoms. The van der Waals surface area contributed by atoms with E-state index in [1.165, 1.54) is 17.1 Å². The van der Waals surface area contributed by atoms with E-state index in [4.69, 9.17) is 5.73 Å². The Labute approximate surface area is 144 Å². The van der Waals surface area contributed by atoms with Gasteiger partial charge in [0, 0.05) is 10.9 Å². The molecule has 4 aromatic rings. The fourth-order valence-electron chi connectivity index (χ4n) is 2.53. The van der Waals surface area contributed by atoms with Gasteiger partial charge in [0.1, 0.15) is 23.3 Å². The second kappa shape index (κ2) is 5.68. The molecule has 0 radical (unpaired) electrons. The number of rotatable bonds is 3. The zero-order chi connectivity index (χ0) is 16.7. The van der Waals surface area contributed by atoms with Gasteiger partial charge in [0.2, 0.25) is 0 Å². The lowest BCUT2D eigenvalue weighted by Gasteiger charge is -2.01. The smallest absolute Gasteiger partial charge is 0.152 e. The molecule has 0 saturated heterocycles. The molecule has 2 N–H and O–H groups in total. The SMILES string of the molecule is Nc1ncnn2c(Cc3cn(-c4ccccc4F)nn3)cc(Br)c12. The fourth-order valence-corrected chi connectivity index (χ4v) is 3.17. The number of hydrogen-bond acceptors (Lipinski definition) is 5. The Kier molecular flexibility index (Phi) is 3.49. The van der Waals surface area contributed by atoms with Crippen LogP contribution in [0.4, 0.5) is 10.2 Å². The third-order valence-electron chi connectivity index (χ3n) is 3.61. The summed E-state index contributed by atoms with van der Waals surface area (Å²) in [6.45, 7) is 0. The van der Waals surface area contributed by atoms with Crippen LogP contribution in [-0.4, -0.2) is 29.6 Å². The van der Waals surface area contributed by atoms with Gasteiger partial charge in [-0.15, -0.1) is 5.10 Å². The molecule has 0 aliphatic heterocycles. The number of nitrogen functional groups attached to an aromatic ring is 1. The molecule has 0 spiro atoms. The van der Waals surface area contributed by atoms with Crippen LogP contribution in [-0.2, 0) is 6.42 Å². The van der Waals surface area contributed by atoms with Crippen molar-refractivity contribution in [2.75, 3.05) is 5.73 Å². The van der Waals surface area contributed by atoms with Gasteiger partial charge >= 0.3 is 0 Å².